The van der Waals surface area contributed by atoms with Crippen molar-refractivity contribution in [2.24, 2.45) is 11.3 Å². The largest absolute Gasteiger partial charge is 0.349 e. The number of carbonyl (C=O) groups excluding carboxylic acids is 1. The molecule has 2 aliphatic rings. The molecule has 1 aliphatic heterocycles. The van der Waals surface area contributed by atoms with Crippen molar-refractivity contribution < 1.29 is 4.79 Å². The van der Waals surface area contributed by atoms with Gasteiger partial charge in [-0.2, -0.15) is 0 Å². The van der Waals surface area contributed by atoms with Crippen molar-refractivity contribution in [3.05, 3.63) is 34.9 Å². The van der Waals surface area contributed by atoms with Crippen molar-refractivity contribution in [3.63, 3.8) is 0 Å². The predicted molar refractivity (Wildman–Crippen MR) is 87.9 cm³/mol. The molecule has 2 atom stereocenters. The number of rotatable bonds is 3. The van der Waals surface area contributed by atoms with E-state index in [1.54, 1.807) is 0 Å². The van der Waals surface area contributed by atoms with Gasteiger partial charge < -0.3 is 10.6 Å². The van der Waals surface area contributed by atoms with Crippen LogP contribution in [-0.2, 0) is 4.79 Å². The summed E-state index contributed by atoms with van der Waals surface area (Å²) in [5, 5.41) is 7.22. The van der Waals surface area contributed by atoms with Crippen LogP contribution in [0.4, 0.5) is 0 Å². The van der Waals surface area contributed by atoms with Gasteiger partial charge in [0.25, 0.3) is 0 Å². The third-order valence-electron chi connectivity index (χ3n) is 4.81. The van der Waals surface area contributed by atoms with Crippen LogP contribution in [0.3, 0.4) is 0 Å². The van der Waals surface area contributed by atoms with Crippen LogP contribution in [-0.4, -0.2) is 19.0 Å². The second-order valence-electron chi connectivity index (χ2n) is 6.15. The normalized spacial score (nSPS) is 24.0. The zero-order valence-corrected chi connectivity index (χ0v) is 13.8. The number of carbonyl (C=O) groups is 1. The Morgan fingerprint density at radius 1 is 1.43 bits per heavy atom. The van der Waals surface area contributed by atoms with Gasteiger partial charge >= 0.3 is 0 Å². The quantitative estimate of drug-likeness (QED) is 0.893. The standard InChI is InChI=1S/C16H21ClN2O.ClH/c1-11(12-3-2-4-13(17)9-12)19-15(20)14-10-16(14)5-7-18-8-6-16;/h2-4,9,11,14,18H,5-8,10H2,1H3,(H,19,20);1H. The molecule has 1 saturated carbocycles. The summed E-state index contributed by atoms with van der Waals surface area (Å²) in [6.07, 6.45) is 3.33. The van der Waals surface area contributed by atoms with Gasteiger partial charge in [0.2, 0.25) is 5.91 Å². The Balaban J connectivity index is 0.00000161. The van der Waals surface area contributed by atoms with Gasteiger partial charge in [-0.3, -0.25) is 4.79 Å². The van der Waals surface area contributed by atoms with E-state index in [0.29, 0.717) is 10.4 Å². The lowest BCUT2D eigenvalue weighted by molar-refractivity contribution is -0.123. The monoisotopic (exact) mass is 328 g/mol. The van der Waals surface area contributed by atoms with Gasteiger partial charge in [0.1, 0.15) is 0 Å². The lowest BCUT2D eigenvalue weighted by Crippen LogP contribution is -2.34. The molecule has 21 heavy (non-hydrogen) atoms. The Morgan fingerprint density at radius 3 is 2.81 bits per heavy atom. The summed E-state index contributed by atoms with van der Waals surface area (Å²) in [6, 6.07) is 7.71. The molecule has 2 fully saturated rings. The topological polar surface area (TPSA) is 41.1 Å². The second kappa shape index (κ2) is 6.55. The molecule has 1 amide bonds. The van der Waals surface area contributed by atoms with Crippen molar-refractivity contribution >= 4 is 29.9 Å². The molecule has 1 aromatic carbocycles. The smallest absolute Gasteiger partial charge is 0.224 e. The molecule has 0 radical (unpaired) electrons. The number of amides is 1. The Kier molecular flexibility index (Phi) is 5.18. The average Bonchev–Trinajstić information content (AvgIpc) is 3.13. The van der Waals surface area contributed by atoms with Crippen LogP contribution in [0.1, 0.15) is 37.8 Å². The van der Waals surface area contributed by atoms with E-state index in [0.717, 1.165) is 37.9 Å². The van der Waals surface area contributed by atoms with Crippen LogP contribution in [0.15, 0.2) is 24.3 Å². The molecule has 0 aromatic heterocycles. The highest BCUT2D eigenvalue weighted by Gasteiger charge is 2.57. The van der Waals surface area contributed by atoms with Gasteiger partial charge in [-0.1, -0.05) is 23.7 Å². The molecule has 1 heterocycles. The molecule has 116 valence electrons. The van der Waals surface area contributed by atoms with Crippen molar-refractivity contribution in [1.29, 1.82) is 0 Å². The summed E-state index contributed by atoms with van der Waals surface area (Å²) >= 11 is 6.00. The van der Waals surface area contributed by atoms with E-state index in [-0.39, 0.29) is 30.3 Å². The van der Waals surface area contributed by atoms with Crippen molar-refractivity contribution in [1.82, 2.24) is 10.6 Å². The molecule has 0 bridgehead atoms. The van der Waals surface area contributed by atoms with E-state index in [4.69, 9.17) is 11.6 Å². The molecule has 1 spiro atoms. The van der Waals surface area contributed by atoms with Crippen molar-refractivity contribution in [3.8, 4) is 0 Å². The highest BCUT2D eigenvalue weighted by molar-refractivity contribution is 6.30. The van der Waals surface area contributed by atoms with Gasteiger partial charge in [0.05, 0.1) is 6.04 Å². The fourth-order valence-electron chi connectivity index (χ4n) is 3.37. The summed E-state index contributed by atoms with van der Waals surface area (Å²) in [5.74, 6) is 0.422. The Labute approximate surface area is 137 Å². The first-order chi connectivity index (χ1) is 9.61. The van der Waals surface area contributed by atoms with Crippen LogP contribution in [0.2, 0.25) is 5.02 Å². The summed E-state index contributed by atoms with van der Waals surface area (Å²) < 4.78 is 0. The first-order valence-corrected chi connectivity index (χ1v) is 7.75. The molecule has 1 aliphatic carbocycles. The molecule has 2 unspecified atom stereocenters. The SMILES string of the molecule is CC(NC(=O)C1CC12CCNCC2)c1cccc(Cl)c1.Cl. The number of halogens is 2. The zero-order chi connectivity index (χ0) is 14.2. The van der Waals surface area contributed by atoms with E-state index >= 15 is 0 Å². The molecule has 1 saturated heterocycles. The van der Waals surface area contributed by atoms with Crippen molar-refractivity contribution in [2.45, 2.75) is 32.2 Å². The van der Waals surface area contributed by atoms with Gasteiger partial charge in [-0.25, -0.2) is 0 Å². The van der Waals surface area contributed by atoms with Gasteiger partial charge in [0, 0.05) is 10.9 Å². The summed E-state index contributed by atoms with van der Waals surface area (Å²) in [4.78, 5) is 12.4. The Bertz CT molecular complexity index is 515. The van der Waals surface area contributed by atoms with Crippen LogP contribution < -0.4 is 10.6 Å². The highest BCUT2D eigenvalue weighted by atomic mass is 35.5. The minimum Gasteiger partial charge on any atom is -0.349 e. The molecule has 2 N–H and O–H groups in total. The maximum absolute atomic E-state index is 12.4. The number of hydrogen-bond acceptors (Lipinski definition) is 2. The summed E-state index contributed by atoms with van der Waals surface area (Å²) in [5.41, 5.74) is 1.36. The number of nitrogens with one attached hydrogen (secondary N) is 2. The van der Waals surface area contributed by atoms with Crippen LogP contribution in [0, 0.1) is 11.3 Å². The molecule has 3 nitrogen and oxygen atoms in total. The fraction of sp³-hybridized carbons (Fsp3) is 0.562. The number of benzene rings is 1. The molecule has 1 aromatic rings. The lowest BCUT2D eigenvalue weighted by Gasteiger charge is -2.23. The lowest BCUT2D eigenvalue weighted by atomic mass is 9.91. The number of piperidine rings is 1. The number of hydrogen-bond donors (Lipinski definition) is 2. The third kappa shape index (κ3) is 3.53. The van der Waals surface area contributed by atoms with Gasteiger partial charge in [0.15, 0.2) is 0 Å². The van der Waals surface area contributed by atoms with Crippen LogP contribution in [0.5, 0.6) is 0 Å². The molecular formula is C16H22Cl2N2O. The zero-order valence-electron chi connectivity index (χ0n) is 12.2. The van der Waals surface area contributed by atoms with Crippen LogP contribution >= 0.6 is 24.0 Å². The minimum absolute atomic E-state index is 0. The molecule has 5 heteroatoms. The highest BCUT2D eigenvalue weighted by Crippen LogP contribution is 2.58. The maximum Gasteiger partial charge on any atom is 0.224 e. The van der Waals surface area contributed by atoms with E-state index in [1.165, 1.54) is 0 Å². The van der Waals surface area contributed by atoms with E-state index in [2.05, 4.69) is 10.6 Å². The minimum atomic E-state index is 0. The van der Waals surface area contributed by atoms with Gasteiger partial charge in [-0.05, 0) is 62.4 Å². The maximum atomic E-state index is 12.4. The first-order valence-electron chi connectivity index (χ1n) is 7.37. The summed E-state index contributed by atoms with van der Waals surface area (Å²) in [6.45, 7) is 4.11. The fourth-order valence-corrected chi connectivity index (χ4v) is 3.57. The average molecular weight is 329 g/mol. The van der Waals surface area contributed by atoms with E-state index in [1.807, 2.05) is 31.2 Å². The second-order valence-corrected chi connectivity index (χ2v) is 6.59. The summed E-state index contributed by atoms with van der Waals surface area (Å²) in [7, 11) is 0. The van der Waals surface area contributed by atoms with Crippen LogP contribution in [0.25, 0.3) is 0 Å². The molecular weight excluding hydrogens is 307 g/mol. The predicted octanol–water partition coefficient (Wildman–Crippen LogP) is 3.33. The van der Waals surface area contributed by atoms with Crippen molar-refractivity contribution in [2.75, 3.05) is 13.1 Å². The van der Waals surface area contributed by atoms with Gasteiger partial charge in [-0.15, -0.1) is 12.4 Å². The third-order valence-corrected chi connectivity index (χ3v) is 5.05. The van der Waals surface area contributed by atoms with E-state index in [9.17, 15) is 4.79 Å². The first kappa shape index (κ1) is 16.6. The Morgan fingerprint density at radius 2 is 2.14 bits per heavy atom. The molecule has 3 rings (SSSR count). The van der Waals surface area contributed by atoms with E-state index < -0.39 is 0 Å². The Hall–Kier alpha value is -0.770.